The van der Waals surface area contributed by atoms with Crippen LogP contribution in [0.15, 0.2) is 42.5 Å². The van der Waals surface area contributed by atoms with Crippen LogP contribution in [-0.4, -0.2) is 71.6 Å². The van der Waals surface area contributed by atoms with Gasteiger partial charge in [-0.25, -0.2) is 0 Å². The fraction of sp³-hybridized carbons (Fsp3) is 0.514. The molecule has 1 fully saturated rings. The van der Waals surface area contributed by atoms with E-state index in [-0.39, 0.29) is 17.9 Å². The van der Waals surface area contributed by atoms with E-state index in [0.717, 1.165) is 54.9 Å². The first-order valence-corrected chi connectivity index (χ1v) is 15.7. The van der Waals surface area contributed by atoms with E-state index in [1.165, 1.54) is 27.6 Å². The van der Waals surface area contributed by atoms with Gasteiger partial charge in [-0.1, -0.05) is 50.3 Å². The van der Waals surface area contributed by atoms with Crippen molar-refractivity contribution in [2.24, 2.45) is 5.92 Å². The summed E-state index contributed by atoms with van der Waals surface area (Å²) in [6.45, 7) is 5.76. The van der Waals surface area contributed by atoms with Gasteiger partial charge in [0, 0.05) is 33.8 Å². The van der Waals surface area contributed by atoms with Crippen molar-refractivity contribution in [2.75, 3.05) is 27.3 Å². The van der Waals surface area contributed by atoms with Crippen molar-refractivity contribution in [1.82, 2.24) is 9.88 Å². The second-order valence-electron chi connectivity index (χ2n) is 12.8. The Morgan fingerprint density at radius 3 is 2.79 bits per heavy atom. The predicted octanol–water partition coefficient (Wildman–Crippen LogP) is 4.88. The number of likely N-dealkylation sites (tertiary alicyclic amines) is 1. The highest BCUT2D eigenvalue weighted by molar-refractivity contribution is 5.88. The molecule has 1 saturated heterocycles. The van der Waals surface area contributed by atoms with Crippen molar-refractivity contribution in [1.29, 1.82) is 0 Å². The van der Waals surface area contributed by atoms with Crippen LogP contribution in [0.25, 0.3) is 10.9 Å². The van der Waals surface area contributed by atoms with Gasteiger partial charge in [0.1, 0.15) is 17.8 Å². The van der Waals surface area contributed by atoms with Gasteiger partial charge >= 0.3 is 5.97 Å². The molecule has 0 saturated carbocycles. The average molecular weight is 587 g/mol. The first kappa shape index (κ1) is 28.4. The lowest BCUT2D eigenvalue weighted by atomic mass is 9.53. The quantitative estimate of drug-likeness (QED) is 0.366. The Bertz CT molecular complexity index is 1610. The van der Waals surface area contributed by atoms with Crippen molar-refractivity contribution in [3.8, 4) is 11.5 Å². The molecule has 3 N–H and O–H groups in total. The van der Waals surface area contributed by atoms with E-state index >= 15 is 0 Å². The molecule has 1 aromatic heterocycles. The van der Waals surface area contributed by atoms with E-state index in [1.807, 2.05) is 19.1 Å². The number of aliphatic hydroxyl groups is 1. The summed E-state index contributed by atoms with van der Waals surface area (Å²) in [5.74, 6) is 1.27. The molecule has 8 nitrogen and oxygen atoms in total. The van der Waals surface area contributed by atoms with Crippen LogP contribution >= 0.6 is 0 Å². The van der Waals surface area contributed by atoms with Gasteiger partial charge in [-0.05, 0) is 68.5 Å². The standard InChI is InChI=1S/C18H21NO3.C17H21NO3/c1-19-8-7-18-11-4-5-13(20)17(18)22-16-14(21-2)6-3-10(15(16)18)9-12(11)19;1-3-11-6-5-7-12-13-8-9-21-17(4-2,10-14(19)20)16(13)18-15(11)12/h3-6,11-13,17,20H,7-9H2,1-2H3;5-7,18H,3-4,8-10H2,1-2H3,(H,19,20)/t11-,12+,13-,17-,18-;/m0./s1. The number of carbonyl (C=O) groups is 1. The highest BCUT2D eigenvalue weighted by atomic mass is 16.5. The molecule has 8 rings (SSSR count). The molecule has 8 heteroatoms. The van der Waals surface area contributed by atoms with E-state index in [4.69, 9.17) is 14.2 Å². The average Bonchev–Trinajstić information content (AvgIpc) is 3.57. The fourth-order valence-electron chi connectivity index (χ4n) is 8.87. The van der Waals surface area contributed by atoms with E-state index in [9.17, 15) is 15.0 Å². The number of aromatic nitrogens is 1. The molecule has 43 heavy (non-hydrogen) atoms. The Kier molecular flexibility index (Phi) is 6.87. The van der Waals surface area contributed by atoms with Gasteiger partial charge in [-0.3, -0.25) is 4.79 Å². The fourth-order valence-corrected chi connectivity index (χ4v) is 8.87. The number of hydrogen-bond acceptors (Lipinski definition) is 6. The van der Waals surface area contributed by atoms with Gasteiger partial charge in [0.05, 0.1) is 25.8 Å². The summed E-state index contributed by atoms with van der Waals surface area (Å²) in [5, 5.41) is 21.0. The highest BCUT2D eigenvalue weighted by Crippen LogP contribution is 2.62. The van der Waals surface area contributed by atoms with Crippen molar-refractivity contribution >= 4 is 16.9 Å². The molecule has 2 aromatic carbocycles. The van der Waals surface area contributed by atoms with Crippen LogP contribution in [0, 0.1) is 5.92 Å². The second-order valence-corrected chi connectivity index (χ2v) is 12.8. The van der Waals surface area contributed by atoms with Crippen LogP contribution in [0.3, 0.4) is 0 Å². The van der Waals surface area contributed by atoms with E-state index in [2.05, 4.69) is 54.2 Å². The number of para-hydroxylation sites is 1. The second kappa shape index (κ2) is 10.4. The number of benzene rings is 2. The summed E-state index contributed by atoms with van der Waals surface area (Å²) in [6.07, 6.45) is 7.99. The van der Waals surface area contributed by atoms with Crippen LogP contribution < -0.4 is 9.47 Å². The Morgan fingerprint density at radius 1 is 1.21 bits per heavy atom. The third-order valence-corrected chi connectivity index (χ3v) is 11.0. The molecule has 3 aliphatic heterocycles. The Hall–Kier alpha value is -3.33. The third kappa shape index (κ3) is 4.02. The minimum Gasteiger partial charge on any atom is -0.493 e. The number of nitrogens with one attached hydrogen (secondary N) is 1. The summed E-state index contributed by atoms with van der Waals surface area (Å²) >= 11 is 0. The molecule has 1 spiro atoms. The van der Waals surface area contributed by atoms with Crippen molar-refractivity contribution in [3.05, 3.63) is 70.4 Å². The molecule has 5 aliphatic rings. The highest BCUT2D eigenvalue weighted by Gasteiger charge is 2.64. The molecule has 4 heterocycles. The zero-order valence-corrected chi connectivity index (χ0v) is 25.5. The number of aliphatic hydroxyl groups excluding tert-OH is 1. The summed E-state index contributed by atoms with van der Waals surface area (Å²) in [5.41, 5.74) is 6.49. The maximum atomic E-state index is 11.3. The largest absolute Gasteiger partial charge is 0.493 e. The number of likely N-dealkylation sites (N-methyl/N-ethyl adjacent to an activating group) is 1. The number of carboxylic acid groups (broad SMARTS) is 1. The summed E-state index contributed by atoms with van der Waals surface area (Å²) < 4.78 is 17.8. The first-order chi connectivity index (χ1) is 20.8. The van der Waals surface area contributed by atoms with Crippen LogP contribution in [0.1, 0.15) is 61.1 Å². The number of ether oxygens (including phenoxy) is 3. The maximum Gasteiger partial charge on any atom is 0.306 e. The molecule has 228 valence electrons. The van der Waals surface area contributed by atoms with Gasteiger partial charge in [0.25, 0.3) is 0 Å². The molecule has 2 bridgehead atoms. The Balaban J connectivity index is 0.000000140. The monoisotopic (exact) mass is 586 g/mol. The number of aromatic amines is 1. The minimum absolute atomic E-state index is 0.00474. The summed E-state index contributed by atoms with van der Waals surface area (Å²) in [7, 11) is 3.91. The van der Waals surface area contributed by atoms with Gasteiger partial charge in [0.2, 0.25) is 0 Å². The molecule has 6 atom stereocenters. The zero-order chi connectivity index (χ0) is 30.1. The van der Waals surface area contributed by atoms with E-state index in [1.54, 1.807) is 7.11 Å². The third-order valence-electron chi connectivity index (χ3n) is 11.0. The SMILES string of the molecule is CCc1cccc2c3c([nH]c12)C(CC)(CC(=O)O)OCC3.COc1ccc2c3c1O[C@H]1[C@@H](O)C=C[C@H]4[C@@H](C2)N(C)CC[C@@]341. The van der Waals surface area contributed by atoms with Gasteiger partial charge in [-0.2, -0.15) is 0 Å². The summed E-state index contributed by atoms with van der Waals surface area (Å²) in [6, 6.07) is 11.0. The lowest BCUT2D eigenvalue weighted by Gasteiger charge is -2.56. The minimum atomic E-state index is -0.820. The number of H-pyrrole nitrogens is 1. The first-order valence-electron chi connectivity index (χ1n) is 15.7. The normalized spacial score (nSPS) is 31.5. The summed E-state index contributed by atoms with van der Waals surface area (Å²) in [4.78, 5) is 17.3. The number of nitrogens with zero attached hydrogens (tertiary/aromatic N) is 1. The lowest BCUT2D eigenvalue weighted by molar-refractivity contribution is -0.148. The van der Waals surface area contributed by atoms with Crippen LogP contribution in [-0.2, 0) is 39.8 Å². The number of aryl methyl sites for hydroxylation is 1. The molecule has 1 unspecified atom stereocenters. The number of methoxy groups -OCH3 is 1. The van der Waals surface area contributed by atoms with Crippen LogP contribution in [0.4, 0.5) is 0 Å². The van der Waals surface area contributed by atoms with Crippen molar-refractivity contribution < 1.29 is 29.2 Å². The molecule has 0 amide bonds. The van der Waals surface area contributed by atoms with Crippen LogP contribution in [0.2, 0.25) is 0 Å². The zero-order valence-electron chi connectivity index (χ0n) is 25.5. The van der Waals surface area contributed by atoms with E-state index < -0.39 is 17.7 Å². The molecular weight excluding hydrogens is 544 g/mol. The van der Waals surface area contributed by atoms with Gasteiger partial charge in [-0.15, -0.1) is 0 Å². The molecular formula is C35H42N2O6. The van der Waals surface area contributed by atoms with Gasteiger partial charge in [0.15, 0.2) is 11.5 Å². The van der Waals surface area contributed by atoms with Gasteiger partial charge < -0.3 is 34.3 Å². The topological polar surface area (TPSA) is 104 Å². The molecule has 2 aliphatic carbocycles. The number of hydrogen-bond donors (Lipinski definition) is 3. The lowest BCUT2D eigenvalue weighted by Crippen LogP contribution is -2.64. The Morgan fingerprint density at radius 2 is 2.05 bits per heavy atom. The predicted molar refractivity (Wildman–Crippen MR) is 164 cm³/mol. The molecule has 3 aromatic rings. The van der Waals surface area contributed by atoms with Crippen molar-refractivity contribution in [2.45, 2.75) is 81.6 Å². The molecule has 0 radical (unpaired) electrons. The Labute approximate surface area is 252 Å². The maximum absolute atomic E-state index is 11.3. The number of carboxylic acids is 1. The number of piperidine rings is 1. The number of aliphatic carboxylic acids is 1. The van der Waals surface area contributed by atoms with Crippen molar-refractivity contribution in [3.63, 3.8) is 0 Å². The van der Waals surface area contributed by atoms with E-state index in [0.29, 0.717) is 25.0 Å². The van der Waals surface area contributed by atoms with Crippen LogP contribution in [0.5, 0.6) is 11.5 Å². The number of rotatable bonds is 5. The number of fused-ring (bicyclic) bond motifs is 3. The smallest absolute Gasteiger partial charge is 0.306 e.